The smallest absolute Gasteiger partial charge is 0.416 e. The minimum atomic E-state index is -4.21. The summed E-state index contributed by atoms with van der Waals surface area (Å²) in [4.78, 5) is 11.5. The number of piperidine rings is 1. The van der Waals surface area contributed by atoms with Gasteiger partial charge in [0.05, 0.1) is 11.6 Å². The van der Waals surface area contributed by atoms with Gasteiger partial charge in [0.1, 0.15) is 0 Å². The maximum Gasteiger partial charge on any atom is 0.416 e. The first kappa shape index (κ1) is 28.3. The predicted octanol–water partition coefficient (Wildman–Crippen LogP) is 7.24. The minimum Gasteiger partial charge on any atom is -0.481 e. The number of hydrogen-bond acceptors (Lipinski definition) is 2. The van der Waals surface area contributed by atoms with Crippen LogP contribution in [0, 0.1) is 11.8 Å². The van der Waals surface area contributed by atoms with Crippen LogP contribution in [-0.4, -0.2) is 29.1 Å². The summed E-state index contributed by atoms with van der Waals surface area (Å²) in [6.07, 6.45) is -0.351. The number of carboxylic acid groups (broad SMARTS) is 1. The van der Waals surface area contributed by atoms with Crippen molar-refractivity contribution in [2.45, 2.75) is 45.3 Å². The second kappa shape index (κ2) is 14.4. The Labute approximate surface area is 198 Å². The molecule has 0 aliphatic carbocycles. The molecule has 7 heteroatoms. The van der Waals surface area contributed by atoms with Crippen LogP contribution >= 0.6 is 11.6 Å². The van der Waals surface area contributed by atoms with Crippen molar-refractivity contribution < 1.29 is 23.1 Å². The quantitative estimate of drug-likeness (QED) is 0.461. The molecule has 0 aromatic heterocycles. The fourth-order valence-electron chi connectivity index (χ4n) is 3.03. The van der Waals surface area contributed by atoms with Gasteiger partial charge in [-0.1, -0.05) is 78.9 Å². The van der Waals surface area contributed by atoms with Gasteiger partial charge in [-0.25, -0.2) is 0 Å². The number of rotatable bonds is 2. The first-order chi connectivity index (χ1) is 15.5. The topological polar surface area (TPSA) is 40.5 Å². The van der Waals surface area contributed by atoms with Crippen molar-refractivity contribution >= 4 is 17.6 Å². The van der Waals surface area contributed by atoms with Crippen LogP contribution in [-0.2, 0) is 11.0 Å². The Morgan fingerprint density at radius 2 is 1.55 bits per heavy atom. The van der Waals surface area contributed by atoms with Crippen molar-refractivity contribution in [3.05, 3.63) is 82.9 Å². The highest BCUT2D eigenvalue weighted by molar-refractivity contribution is 6.30. The molecular weight excluding hydrogens is 451 g/mol. The second-order valence-electron chi connectivity index (χ2n) is 7.48. The van der Waals surface area contributed by atoms with E-state index in [0.717, 1.165) is 42.7 Å². The fraction of sp³-hybridized carbons (Fsp3) is 0.346. The Bertz CT molecular complexity index is 922. The van der Waals surface area contributed by atoms with E-state index in [4.69, 9.17) is 21.5 Å². The average molecular weight is 480 g/mol. The molecule has 1 saturated heterocycles. The Kier molecular flexibility index (Phi) is 12.3. The van der Waals surface area contributed by atoms with Gasteiger partial charge in [0.15, 0.2) is 0 Å². The Morgan fingerprint density at radius 3 is 1.97 bits per heavy atom. The van der Waals surface area contributed by atoms with Gasteiger partial charge in [0.2, 0.25) is 0 Å². The SMILES string of the molecule is C=C(C)C#CC(c1ccc(Cl)cc1)N1CCCCC1.CC(=O)O.FC(F)(F)c1ccccc1. The molecule has 1 heterocycles. The number of likely N-dealkylation sites (tertiary alicyclic amines) is 1. The van der Waals surface area contributed by atoms with E-state index in [0.29, 0.717) is 0 Å². The molecule has 1 N–H and O–H groups in total. The summed E-state index contributed by atoms with van der Waals surface area (Å²) < 4.78 is 35.4. The van der Waals surface area contributed by atoms with Crippen molar-refractivity contribution in [2.75, 3.05) is 13.1 Å². The van der Waals surface area contributed by atoms with Crippen molar-refractivity contribution in [1.82, 2.24) is 4.90 Å². The lowest BCUT2D eigenvalue weighted by Crippen LogP contribution is -2.33. The Hall–Kier alpha value is -2.75. The van der Waals surface area contributed by atoms with Crippen molar-refractivity contribution in [3.63, 3.8) is 0 Å². The zero-order valence-corrected chi connectivity index (χ0v) is 19.6. The van der Waals surface area contributed by atoms with Gasteiger partial charge in [0, 0.05) is 11.9 Å². The van der Waals surface area contributed by atoms with Gasteiger partial charge in [-0.2, -0.15) is 13.2 Å². The van der Waals surface area contributed by atoms with Crippen molar-refractivity contribution in [2.24, 2.45) is 0 Å². The lowest BCUT2D eigenvalue weighted by molar-refractivity contribution is -0.137. The number of nitrogens with zero attached hydrogens (tertiary/aromatic N) is 1. The van der Waals surface area contributed by atoms with Gasteiger partial charge < -0.3 is 5.11 Å². The monoisotopic (exact) mass is 479 g/mol. The molecule has 3 rings (SSSR count). The number of allylic oxidation sites excluding steroid dienone is 1. The molecule has 178 valence electrons. The molecule has 0 saturated carbocycles. The van der Waals surface area contributed by atoms with Gasteiger partial charge in [-0.3, -0.25) is 9.69 Å². The molecule has 1 aliphatic heterocycles. The van der Waals surface area contributed by atoms with Gasteiger partial charge in [0.25, 0.3) is 5.97 Å². The summed E-state index contributed by atoms with van der Waals surface area (Å²) >= 11 is 5.97. The molecule has 2 aromatic rings. The van der Waals surface area contributed by atoms with Crippen LogP contribution < -0.4 is 0 Å². The summed E-state index contributed by atoms with van der Waals surface area (Å²) in [6.45, 7) is 9.14. The molecule has 0 amide bonds. The molecule has 33 heavy (non-hydrogen) atoms. The maximum absolute atomic E-state index is 11.8. The summed E-state index contributed by atoms with van der Waals surface area (Å²) in [7, 11) is 0. The van der Waals surface area contributed by atoms with Crippen LogP contribution in [0.2, 0.25) is 5.02 Å². The molecule has 0 bridgehead atoms. The lowest BCUT2D eigenvalue weighted by atomic mass is 10.0. The Morgan fingerprint density at radius 1 is 1.03 bits per heavy atom. The Balaban J connectivity index is 0.000000325. The summed E-state index contributed by atoms with van der Waals surface area (Å²) in [5, 5.41) is 8.19. The molecule has 2 aromatic carbocycles. The highest BCUT2D eigenvalue weighted by atomic mass is 35.5. The summed E-state index contributed by atoms with van der Waals surface area (Å²) in [5.74, 6) is 5.66. The van der Waals surface area contributed by atoms with Crippen molar-refractivity contribution in [3.8, 4) is 11.8 Å². The molecule has 1 unspecified atom stereocenters. The zero-order valence-electron chi connectivity index (χ0n) is 18.8. The average Bonchev–Trinajstić information content (AvgIpc) is 2.76. The third-order valence-corrected chi connectivity index (χ3v) is 4.72. The third kappa shape index (κ3) is 12.2. The van der Waals surface area contributed by atoms with E-state index in [-0.39, 0.29) is 6.04 Å². The van der Waals surface area contributed by atoms with E-state index < -0.39 is 17.7 Å². The van der Waals surface area contributed by atoms with Crippen LogP contribution in [0.3, 0.4) is 0 Å². The van der Waals surface area contributed by atoms with E-state index in [1.807, 2.05) is 19.1 Å². The lowest BCUT2D eigenvalue weighted by Gasteiger charge is -2.31. The van der Waals surface area contributed by atoms with E-state index in [1.54, 1.807) is 6.07 Å². The highest BCUT2D eigenvalue weighted by Gasteiger charge is 2.29. The van der Waals surface area contributed by atoms with E-state index in [9.17, 15) is 13.2 Å². The number of benzene rings is 2. The molecule has 0 radical (unpaired) electrons. The first-order valence-corrected chi connectivity index (χ1v) is 10.9. The van der Waals surface area contributed by atoms with Crippen LogP contribution in [0.25, 0.3) is 0 Å². The summed E-state index contributed by atoms with van der Waals surface area (Å²) in [6, 6.07) is 14.6. The number of carbonyl (C=O) groups is 1. The molecule has 1 fully saturated rings. The predicted molar refractivity (Wildman–Crippen MR) is 127 cm³/mol. The zero-order chi connectivity index (χ0) is 24.9. The summed E-state index contributed by atoms with van der Waals surface area (Å²) in [5.41, 5.74) is 1.53. The maximum atomic E-state index is 11.8. The standard InChI is InChI=1S/C17H20ClN.C7H5F3.C2H4O2/c1-14(2)6-11-17(19-12-4-3-5-13-19)15-7-9-16(18)10-8-15;8-7(9,10)6-4-2-1-3-5-6;1-2(3)4/h7-10,17H,1,3-5,12-13H2,2H3;1-5H;1H3,(H,3,4). The van der Waals surface area contributed by atoms with E-state index >= 15 is 0 Å². The fourth-order valence-corrected chi connectivity index (χ4v) is 3.15. The normalized spacial score (nSPS) is 14.2. The number of carboxylic acids is 1. The van der Waals surface area contributed by atoms with Gasteiger partial charge in [-0.15, -0.1) is 0 Å². The minimum absolute atomic E-state index is 0.161. The third-order valence-electron chi connectivity index (χ3n) is 4.46. The number of alkyl halides is 3. The number of aliphatic carboxylic acids is 1. The van der Waals surface area contributed by atoms with Crippen LogP contribution in [0.5, 0.6) is 0 Å². The molecule has 1 aliphatic rings. The van der Waals surface area contributed by atoms with E-state index in [1.165, 1.54) is 37.0 Å². The molecule has 3 nitrogen and oxygen atoms in total. The highest BCUT2D eigenvalue weighted by Crippen LogP contribution is 2.28. The van der Waals surface area contributed by atoms with Crippen LogP contribution in [0.15, 0.2) is 66.7 Å². The number of halogens is 4. The largest absolute Gasteiger partial charge is 0.481 e. The van der Waals surface area contributed by atoms with Crippen LogP contribution in [0.4, 0.5) is 13.2 Å². The molecule has 1 atom stereocenters. The molecular formula is C26H29ClF3NO2. The molecule has 0 spiro atoms. The van der Waals surface area contributed by atoms with Crippen LogP contribution in [0.1, 0.15) is 50.3 Å². The number of hydrogen-bond donors (Lipinski definition) is 1. The van der Waals surface area contributed by atoms with E-state index in [2.05, 4.69) is 35.5 Å². The van der Waals surface area contributed by atoms with Crippen molar-refractivity contribution in [1.29, 1.82) is 0 Å². The van der Waals surface area contributed by atoms with Gasteiger partial charge in [-0.05, 0) is 56.1 Å². The van der Waals surface area contributed by atoms with Gasteiger partial charge >= 0.3 is 6.18 Å². The second-order valence-corrected chi connectivity index (χ2v) is 7.92. The first-order valence-electron chi connectivity index (χ1n) is 10.5.